The zero-order chi connectivity index (χ0) is 19.5. The van der Waals surface area contributed by atoms with Crippen LogP contribution in [0.2, 0.25) is 0 Å². The number of ether oxygens (including phenoxy) is 2. The Morgan fingerprint density at radius 1 is 1.15 bits per heavy atom. The van der Waals surface area contributed by atoms with Gasteiger partial charge in [0.1, 0.15) is 0 Å². The first kappa shape index (κ1) is 25.8. The Hall–Kier alpha value is -1.22. The van der Waals surface area contributed by atoms with Gasteiger partial charge < -0.3 is 20.1 Å². The number of nitrogens with one attached hydrogen (secondary N) is 2. The molecule has 1 aromatic carbocycles. The van der Waals surface area contributed by atoms with E-state index < -0.39 is 0 Å². The molecule has 27 heavy (non-hydrogen) atoms. The highest BCUT2D eigenvalue weighted by atomic mass is 127. The second-order valence-electron chi connectivity index (χ2n) is 6.70. The van der Waals surface area contributed by atoms with Crippen molar-refractivity contribution in [2.24, 2.45) is 4.99 Å². The van der Waals surface area contributed by atoms with E-state index >= 15 is 0 Å². The van der Waals surface area contributed by atoms with E-state index in [9.17, 15) is 0 Å². The second kappa shape index (κ2) is 13.9. The van der Waals surface area contributed by atoms with Crippen LogP contribution in [0.25, 0.3) is 0 Å². The maximum absolute atomic E-state index is 5.62. The highest BCUT2D eigenvalue weighted by Gasteiger charge is 2.12. The van der Waals surface area contributed by atoms with E-state index in [4.69, 9.17) is 9.47 Å². The van der Waals surface area contributed by atoms with Crippen LogP contribution in [0.3, 0.4) is 0 Å². The van der Waals surface area contributed by atoms with Crippen molar-refractivity contribution in [1.82, 2.24) is 10.2 Å². The van der Waals surface area contributed by atoms with E-state index in [1.54, 1.807) is 14.2 Å². The van der Waals surface area contributed by atoms with Gasteiger partial charge in [-0.15, -0.1) is 24.0 Å². The number of halogens is 1. The molecule has 6 nitrogen and oxygen atoms in total. The lowest BCUT2D eigenvalue weighted by Gasteiger charge is -2.30. The summed E-state index contributed by atoms with van der Waals surface area (Å²) in [5.41, 5.74) is 0.910. The van der Waals surface area contributed by atoms with Crippen molar-refractivity contribution in [3.8, 4) is 11.5 Å². The maximum Gasteiger partial charge on any atom is 0.195 e. The van der Waals surface area contributed by atoms with Crippen molar-refractivity contribution in [2.75, 3.05) is 39.2 Å². The number of aliphatic imine (C=N–C) groups is 1. The van der Waals surface area contributed by atoms with Crippen LogP contribution in [-0.2, 0) is 0 Å². The molecule has 0 saturated heterocycles. The summed E-state index contributed by atoms with van der Waals surface area (Å²) >= 11 is 0. The average Bonchev–Trinajstić information content (AvgIpc) is 2.60. The van der Waals surface area contributed by atoms with Gasteiger partial charge in [0.05, 0.1) is 13.7 Å². The minimum absolute atomic E-state index is 0. The van der Waals surface area contributed by atoms with E-state index in [-0.39, 0.29) is 24.0 Å². The molecule has 1 aromatic rings. The molecule has 0 saturated carbocycles. The zero-order valence-electron chi connectivity index (χ0n) is 17.8. The van der Waals surface area contributed by atoms with Gasteiger partial charge >= 0.3 is 0 Å². The lowest BCUT2D eigenvalue weighted by Crippen LogP contribution is -2.39. The summed E-state index contributed by atoms with van der Waals surface area (Å²) in [4.78, 5) is 6.79. The number of hydrogen-bond donors (Lipinski definition) is 2. The molecule has 0 radical (unpaired) electrons. The second-order valence-corrected chi connectivity index (χ2v) is 6.70. The lowest BCUT2D eigenvalue weighted by molar-refractivity contribution is 0.173. The number of rotatable bonds is 10. The van der Waals surface area contributed by atoms with Gasteiger partial charge in [0, 0.05) is 44.0 Å². The highest BCUT2D eigenvalue weighted by molar-refractivity contribution is 14.0. The molecule has 0 bridgehead atoms. The Bertz CT molecular complexity index is 557. The van der Waals surface area contributed by atoms with Gasteiger partial charge in [-0.2, -0.15) is 0 Å². The molecule has 0 fully saturated rings. The predicted octanol–water partition coefficient (Wildman–Crippen LogP) is 4.21. The molecular weight excluding hydrogens is 455 g/mol. The molecular formula is C20H37IN4O2. The fourth-order valence-corrected chi connectivity index (χ4v) is 2.92. The smallest absolute Gasteiger partial charge is 0.195 e. The van der Waals surface area contributed by atoms with Crippen LogP contribution in [0.1, 0.15) is 41.0 Å². The third kappa shape index (κ3) is 9.01. The fraction of sp³-hybridized carbons (Fsp3) is 0.650. The van der Waals surface area contributed by atoms with Crippen molar-refractivity contribution in [3.63, 3.8) is 0 Å². The highest BCUT2D eigenvalue weighted by Crippen LogP contribution is 2.30. The Morgan fingerprint density at radius 2 is 1.81 bits per heavy atom. The largest absolute Gasteiger partial charge is 0.493 e. The molecule has 7 heteroatoms. The van der Waals surface area contributed by atoms with Crippen molar-refractivity contribution in [2.45, 2.75) is 53.1 Å². The Labute approximate surface area is 182 Å². The normalized spacial score (nSPS) is 11.6. The number of guanidine groups is 1. The van der Waals surface area contributed by atoms with Gasteiger partial charge in [0.2, 0.25) is 0 Å². The van der Waals surface area contributed by atoms with Gasteiger partial charge in [0.25, 0.3) is 0 Å². The number of hydrogen-bond acceptors (Lipinski definition) is 4. The molecule has 1 rings (SSSR count). The molecule has 0 aliphatic heterocycles. The maximum atomic E-state index is 5.62. The first-order valence-corrected chi connectivity index (χ1v) is 9.47. The summed E-state index contributed by atoms with van der Waals surface area (Å²) in [6, 6.07) is 6.89. The SMILES string of the molecule is CCOc1cc(NC(=NC)NCCCN(C(C)C)C(C)C)ccc1OC.I. The number of benzene rings is 1. The summed E-state index contributed by atoms with van der Waals surface area (Å²) in [7, 11) is 3.42. The van der Waals surface area contributed by atoms with Crippen LogP contribution in [0.15, 0.2) is 23.2 Å². The number of nitrogens with zero attached hydrogens (tertiary/aromatic N) is 2. The summed E-state index contributed by atoms with van der Waals surface area (Å²) in [6.07, 6.45) is 1.06. The van der Waals surface area contributed by atoms with Gasteiger partial charge in [-0.1, -0.05) is 0 Å². The summed E-state index contributed by atoms with van der Waals surface area (Å²) in [5.74, 6) is 2.20. The van der Waals surface area contributed by atoms with Crippen LogP contribution in [0, 0.1) is 0 Å². The van der Waals surface area contributed by atoms with E-state index in [1.165, 1.54) is 0 Å². The van der Waals surface area contributed by atoms with Gasteiger partial charge in [-0.25, -0.2) is 0 Å². The average molecular weight is 492 g/mol. The zero-order valence-corrected chi connectivity index (χ0v) is 20.2. The summed E-state index contributed by atoms with van der Waals surface area (Å²) in [5, 5.41) is 6.67. The monoisotopic (exact) mass is 492 g/mol. The van der Waals surface area contributed by atoms with Gasteiger partial charge in [-0.3, -0.25) is 9.89 Å². The molecule has 0 amide bonds. The molecule has 2 N–H and O–H groups in total. The van der Waals surface area contributed by atoms with E-state index in [0.717, 1.165) is 42.7 Å². The molecule has 0 atom stereocenters. The molecule has 0 aliphatic carbocycles. The standard InChI is InChI=1S/C20H36N4O2.HI/c1-8-26-19-14-17(10-11-18(19)25-7)23-20(21-6)22-12-9-13-24(15(2)3)16(4)5;/h10-11,14-16H,8-9,12-13H2,1-7H3,(H2,21,22,23);1H. The molecule has 0 spiro atoms. The van der Waals surface area contributed by atoms with E-state index in [2.05, 4.69) is 48.2 Å². The topological polar surface area (TPSA) is 58.1 Å². The fourth-order valence-electron chi connectivity index (χ4n) is 2.92. The minimum Gasteiger partial charge on any atom is -0.493 e. The van der Waals surface area contributed by atoms with Crippen LogP contribution >= 0.6 is 24.0 Å². The van der Waals surface area contributed by atoms with Gasteiger partial charge in [0.15, 0.2) is 17.5 Å². The minimum atomic E-state index is 0. The van der Waals surface area contributed by atoms with Gasteiger partial charge in [-0.05, 0) is 53.2 Å². The Morgan fingerprint density at radius 3 is 2.33 bits per heavy atom. The van der Waals surface area contributed by atoms with E-state index in [1.807, 2.05) is 25.1 Å². The lowest BCUT2D eigenvalue weighted by atomic mass is 10.2. The van der Waals surface area contributed by atoms with Crippen LogP contribution < -0.4 is 20.1 Å². The molecule has 0 unspecified atom stereocenters. The Kier molecular flexibility index (Phi) is 13.2. The first-order valence-electron chi connectivity index (χ1n) is 9.47. The van der Waals surface area contributed by atoms with E-state index in [0.29, 0.717) is 18.7 Å². The van der Waals surface area contributed by atoms with Crippen LogP contribution in [0.4, 0.5) is 5.69 Å². The quantitative estimate of drug-likeness (QED) is 0.222. The number of methoxy groups -OCH3 is 1. The third-order valence-electron chi connectivity index (χ3n) is 4.16. The predicted molar refractivity (Wildman–Crippen MR) is 126 cm³/mol. The molecule has 0 heterocycles. The first-order chi connectivity index (χ1) is 12.4. The number of anilines is 1. The molecule has 156 valence electrons. The van der Waals surface area contributed by atoms with Crippen molar-refractivity contribution in [1.29, 1.82) is 0 Å². The van der Waals surface area contributed by atoms with Crippen molar-refractivity contribution < 1.29 is 9.47 Å². The molecule has 0 aliphatic rings. The Balaban J connectivity index is 0.00000676. The summed E-state index contributed by atoms with van der Waals surface area (Å²) < 4.78 is 10.9. The van der Waals surface area contributed by atoms with Crippen LogP contribution in [0.5, 0.6) is 11.5 Å². The third-order valence-corrected chi connectivity index (χ3v) is 4.16. The molecule has 0 aromatic heterocycles. The van der Waals surface area contributed by atoms with Crippen molar-refractivity contribution in [3.05, 3.63) is 18.2 Å². The van der Waals surface area contributed by atoms with Crippen molar-refractivity contribution >= 4 is 35.6 Å². The van der Waals surface area contributed by atoms with Crippen LogP contribution in [-0.4, -0.2) is 56.8 Å². The summed E-state index contributed by atoms with van der Waals surface area (Å²) in [6.45, 7) is 13.5.